The quantitative estimate of drug-likeness (QED) is 0.283. The summed E-state index contributed by atoms with van der Waals surface area (Å²) in [6.45, 7) is 2.14. The third-order valence-corrected chi connectivity index (χ3v) is 10.5. The minimum Gasteiger partial charge on any atom is -0.478 e. The highest BCUT2D eigenvalue weighted by Crippen LogP contribution is 2.59. The second kappa shape index (κ2) is 8.38. The summed E-state index contributed by atoms with van der Waals surface area (Å²) in [6, 6.07) is 13.9. The molecule has 5 nitrogen and oxygen atoms in total. The Bertz CT molecular complexity index is 1530. The Kier molecular flexibility index (Phi) is 5.19. The zero-order valence-electron chi connectivity index (χ0n) is 21.0. The van der Waals surface area contributed by atoms with Crippen LogP contribution in [0.2, 0.25) is 0 Å². The Balaban J connectivity index is 1.18. The Morgan fingerprint density at radius 1 is 1.05 bits per heavy atom. The minimum atomic E-state index is -0.876. The van der Waals surface area contributed by atoms with Gasteiger partial charge in [-0.2, -0.15) is 0 Å². The Morgan fingerprint density at radius 3 is 2.51 bits per heavy atom. The van der Waals surface area contributed by atoms with Gasteiger partial charge >= 0.3 is 5.97 Å². The van der Waals surface area contributed by atoms with Gasteiger partial charge in [-0.3, -0.25) is 0 Å². The summed E-state index contributed by atoms with van der Waals surface area (Å²) in [7, 11) is 0. The summed E-state index contributed by atoms with van der Waals surface area (Å²) in [4.78, 5) is 16.7. The number of aryl methyl sites for hydroxylation is 1. The van der Waals surface area contributed by atoms with Gasteiger partial charge in [-0.15, -0.1) is 11.3 Å². The average molecular weight is 511 g/mol. The van der Waals surface area contributed by atoms with Gasteiger partial charge in [0.15, 0.2) is 0 Å². The standard InChI is InChI=1S/C31H30N2O3S/c1-19-5-2-3-6-21(19)25-22(26(36-33-25)20-9-10-20)11-12-30-13-16-31(17-14-30,18-15-30)29-32-24-8-4-7-23(28(34)35)27(24)37-29/h2-8,11-12,20H,9-10,13-18H2,1H3,(H,34,35). The van der Waals surface area contributed by atoms with Gasteiger partial charge in [0.2, 0.25) is 0 Å². The number of thiazole rings is 1. The third-order valence-electron chi connectivity index (χ3n) is 9.11. The van der Waals surface area contributed by atoms with Crippen molar-refractivity contribution in [3.05, 3.63) is 76.0 Å². The zero-order valence-corrected chi connectivity index (χ0v) is 21.8. The number of aromatic nitrogens is 2. The number of carboxylic acid groups (broad SMARTS) is 1. The maximum Gasteiger partial charge on any atom is 0.337 e. The lowest BCUT2D eigenvalue weighted by Crippen LogP contribution is -2.43. The van der Waals surface area contributed by atoms with E-state index >= 15 is 0 Å². The van der Waals surface area contributed by atoms with Gasteiger partial charge in [-0.05, 0) is 81.4 Å². The number of hydrogen-bond donors (Lipinski definition) is 1. The Hall–Kier alpha value is -3.25. The molecule has 4 aromatic rings. The van der Waals surface area contributed by atoms with E-state index < -0.39 is 5.97 Å². The fourth-order valence-corrected chi connectivity index (χ4v) is 7.88. The van der Waals surface area contributed by atoms with E-state index in [2.05, 4.69) is 48.5 Å². The smallest absolute Gasteiger partial charge is 0.337 e. The maximum absolute atomic E-state index is 11.7. The molecule has 0 unspecified atom stereocenters. The number of benzene rings is 2. The van der Waals surface area contributed by atoms with E-state index in [9.17, 15) is 9.90 Å². The van der Waals surface area contributed by atoms with Gasteiger partial charge in [-0.25, -0.2) is 9.78 Å². The van der Waals surface area contributed by atoms with Crippen LogP contribution < -0.4 is 0 Å². The topological polar surface area (TPSA) is 76.2 Å². The van der Waals surface area contributed by atoms with Crippen molar-refractivity contribution in [2.24, 2.45) is 5.41 Å². The number of carboxylic acids is 1. The first kappa shape index (κ1) is 22.9. The number of nitrogens with zero attached hydrogens (tertiary/aromatic N) is 2. The predicted molar refractivity (Wildman–Crippen MR) is 146 cm³/mol. The van der Waals surface area contributed by atoms with Gasteiger partial charge < -0.3 is 9.63 Å². The highest BCUT2D eigenvalue weighted by atomic mass is 32.1. The molecule has 0 spiro atoms. The molecule has 188 valence electrons. The number of fused-ring (bicyclic) bond motifs is 4. The normalized spacial score (nSPS) is 25.3. The molecule has 0 atom stereocenters. The third kappa shape index (κ3) is 3.76. The lowest BCUT2D eigenvalue weighted by Gasteiger charge is -2.51. The van der Waals surface area contributed by atoms with Gasteiger partial charge in [-0.1, -0.05) is 47.6 Å². The van der Waals surface area contributed by atoms with Crippen molar-refractivity contribution in [1.82, 2.24) is 10.1 Å². The van der Waals surface area contributed by atoms with Crippen LogP contribution in [0.4, 0.5) is 0 Å². The van der Waals surface area contributed by atoms with E-state index in [-0.39, 0.29) is 10.8 Å². The van der Waals surface area contributed by atoms with Crippen molar-refractivity contribution >= 4 is 33.6 Å². The van der Waals surface area contributed by atoms with Gasteiger partial charge in [0.05, 0.1) is 15.8 Å². The summed E-state index contributed by atoms with van der Waals surface area (Å²) in [6.07, 6.45) is 13.9. The molecule has 4 aliphatic rings. The first-order valence-electron chi connectivity index (χ1n) is 13.4. The summed E-state index contributed by atoms with van der Waals surface area (Å²) >= 11 is 1.60. The van der Waals surface area contributed by atoms with Gasteiger partial charge in [0.25, 0.3) is 0 Å². The summed E-state index contributed by atoms with van der Waals surface area (Å²) < 4.78 is 6.74. The van der Waals surface area contributed by atoms with Crippen molar-refractivity contribution < 1.29 is 14.4 Å². The second-order valence-electron chi connectivity index (χ2n) is 11.4. The van der Waals surface area contributed by atoms with Crippen LogP contribution in [-0.4, -0.2) is 21.2 Å². The molecular formula is C31H30N2O3S. The van der Waals surface area contributed by atoms with Crippen LogP contribution in [0.5, 0.6) is 0 Å². The monoisotopic (exact) mass is 510 g/mol. The number of allylic oxidation sites excluding steroid dienone is 1. The molecule has 8 rings (SSSR count). The molecule has 2 bridgehead atoms. The Labute approximate surface area is 220 Å². The molecule has 4 fully saturated rings. The summed E-state index contributed by atoms with van der Waals surface area (Å²) in [5, 5.41) is 15.3. The molecule has 37 heavy (non-hydrogen) atoms. The SMILES string of the molecule is Cc1ccccc1-c1noc(C2CC2)c1C=CC12CCC(c3nc4cccc(C(=O)O)c4s3)(CC1)CC2. The average Bonchev–Trinajstić information content (AvgIpc) is 3.52. The van der Waals surface area contributed by atoms with Crippen molar-refractivity contribution in [2.75, 3.05) is 0 Å². The van der Waals surface area contributed by atoms with E-state index in [4.69, 9.17) is 9.51 Å². The van der Waals surface area contributed by atoms with Crippen molar-refractivity contribution in [1.29, 1.82) is 0 Å². The predicted octanol–water partition coefficient (Wildman–Crippen LogP) is 8.14. The van der Waals surface area contributed by atoms with Gasteiger partial charge in [0, 0.05) is 22.5 Å². The molecule has 4 aliphatic carbocycles. The molecule has 2 aromatic carbocycles. The number of carbonyl (C=O) groups is 1. The van der Waals surface area contributed by atoms with Gasteiger partial charge in [0.1, 0.15) is 16.5 Å². The summed E-state index contributed by atoms with van der Waals surface area (Å²) in [5.41, 5.74) is 5.97. The number of rotatable bonds is 6. The van der Waals surface area contributed by atoms with Crippen LogP contribution >= 0.6 is 11.3 Å². The van der Waals surface area contributed by atoms with Crippen LogP contribution in [0, 0.1) is 12.3 Å². The van der Waals surface area contributed by atoms with E-state index in [1.807, 2.05) is 6.07 Å². The van der Waals surface area contributed by atoms with Crippen LogP contribution in [0.1, 0.15) is 89.5 Å². The maximum atomic E-state index is 11.7. The molecule has 1 N–H and O–H groups in total. The molecule has 0 amide bonds. The highest BCUT2D eigenvalue weighted by molar-refractivity contribution is 7.19. The number of hydrogen-bond acceptors (Lipinski definition) is 5. The van der Waals surface area contributed by atoms with Crippen LogP contribution in [0.3, 0.4) is 0 Å². The highest BCUT2D eigenvalue weighted by Gasteiger charge is 2.50. The van der Waals surface area contributed by atoms with Crippen molar-refractivity contribution in [2.45, 2.75) is 69.6 Å². The molecule has 0 aliphatic heterocycles. The summed E-state index contributed by atoms with van der Waals surface area (Å²) in [5.74, 6) is 0.678. The lowest BCUT2D eigenvalue weighted by atomic mass is 9.54. The van der Waals surface area contributed by atoms with E-state index in [0.717, 1.165) is 70.8 Å². The fraction of sp³-hybridized carbons (Fsp3) is 0.387. The van der Waals surface area contributed by atoms with Crippen LogP contribution in [-0.2, 0) is 5.41 Å². The first-order chi connectivity index (χ1) is 18.0. The van der Waals surface area contributed by atoms with Crippen molar-refractivity contribution in [3.63, 3.8) is 0 Å². The lowest BCUT2D eigenvalue weighted by molar-refractivity contribution is 0.0699. The largest absolute Gasteiger partial charge is 0.478 e. The molecule has 2 aromatic heterocycles. The first-order valence-corrected chi connectivity index (χ1v) is 14.2. The van der Waals surface area contributed by atoms with Crippen molar-refractivity contribution in [3.8, 4) is 11.3 Å². The number of aromatic carboxylic acids is 1. The van der Waals surface area contributed by atoms with E-state index in [0.29, 0.717) is 11.5 Å². The van der Waals surface area contributed by atoms with E-state index in [1.165, 1.54) is 24.0 Å². The fourth-order valence-electron chi connectivity index (χ4n) is 6.53. The second-order valence-corrected chi connectivity index (χ2v) is 12.4. The van der Waals surface area contributed by atoms with Crippen LogP contribution in [0.25, 0.3) is 27.6 Å². The van der Waals surface area contributed by atoms with Crippen LogP contribution in [0.15, 0.2) is 53.1 Å². The minimum absolute atomic E-state index is 0.0811. The zero-order chi connectivity index (χ0) is 25.2. The molecule has 0 radical (unpaired) electrons. The molecule has 2 heterocycles. The molecular weight excluding hydrogens is 480 g/mol. The molecule has 0 saturated heterocycles. The Morgan fingerprint density at radius 2 is 1.81 bits per heavy atom. The molecule has 4 saturated carbocycles. The van der Waals surface area contributed by atoms with E-state index in [1.54, 1.807) is 23.5 Å². The molecule has 6 heteroatoms.